The van der Waals surface area contributed by atoms with Crippen LogP contribution in [0.2, 0.25) is 0 Å². The van der Waals surface area contributed by atoms with Gasteiger partial charge >= 0.3 is 0 Å². The monoisotopic (exact) mass is 573 g/mol. The molecule has 1 aromatic carbocycles. The number of rotatable bonds is 16. The lowest BCUT2D eigenvalue weighted by atomic mass is 9.90. The predicted octanol–water partition coefficient (Wildman–Crippen LogP) is 4.70. The number of methoxy groups -OCH3 is 2. The van der Waals surface area contributed by atoms with Gasteiger partial charge in [-0.05, 0) is 43.6 Å². The van der Waals surface area contributed by atoms with Gasteiger partial charge in [0, 0.05) is 40.3 Å². The maximum atomic E-state index is 13.8. The smallest absolute Gasteiger partial charge is 0.225 e. The Morgan fingerprint density at radius 3 is 2.24 bits per heavy atom. The van der Waals surface area contributed by atoms with Gasteiger partial charge in [0.15, 0.2) is 0 Å². The second kappa shape index (κ2) is 16.9. The maximum Gasteiger partial charge on any atom is 0.225 e. The number of hydrogen-bond acceptors (Lipinski definition) is 5. The van der Waals surface area contributed by atoms with Gasteiger partial charge in [-0.25, -0.2) is 0 Å². The lowest BCUT2D eigenvalue weighted by Gasteiger charge is -2.39. The summed E-state index contributed by atoms with van der Waals surface area (Å²) in [7, 11) is 5.07. The van der Waals surface area contributed by atoms with Crippen LogP contribution >= 0.6 is 0 Å². The van der Waals surface area contributed by atoms with Gasteiger partial charge in [0.1, 0.15) is 0 Å². The molecule has 3 amide bonds. The molecular formula is C33H55N3O5. The SMILES string of the molecule is CC[C@H](C)[C@@H]([C@@H](CC(=O)N1CCC[C@H]1[C@H](OC)[C@@H](C)C(=O)N[C@H](C)Cc1ccccc1)OC)N(C)C(=O)CC(C)C. The van der Waals surface area contributed by atoms with Crippen LogP contribution in [0.4, 0.5) is 0 Å². The van der Waals surface area contributed by atoms with Crippen molar-refractivity contribution in [2.45, 2.75) is 110 Å². The van der Waals surface area contributed by atoms with Crippen molar-refractivity contribution in [3.63, 3.8) is 0 Å². The first-order valence-corrected chi connectivity index (χ1v) is 15.4. The summed E-state index contributed by atoms with van der Waals surface area (Å²) in [6.07, 6.45) is 3.02. The number of amides is 3. The normalized spacial score (nSPS) is 19.8. The van der Waals surface area contributed by atoms with Crippen molar-refractivity contribution in [1.29, 1.82) is 0 Å². The van der Waals surface area contributed by atoms with Gasteiger partial charge in [-0.2, -0.15) is 0 Å². The van der Waals surface area contributed by atoms with Gasteiger partial charge in [0.2, 0.25) is 17.7 Å². The number of nitrogens with one attached hydrogen (secondary N) is 1. The van der Waals surface area contributed by atoms with E-state index in [1.165, 1.54) is 5.56 Å². The Labute approximate surface area is 248 Å². The highest BCUT2D eigenvalue weighted by molar-refractivity contribution is 5.81. The molecule has 8 nitrogen and oxygen atoms in total. The molecule has 1 aliphatic heterocycles. The Bertz CT molecular complexity index is 955. The van der Waals surface area contributed by atoms with E-state index in [0.29, 0.717) is 13.0 Å². The van der Waals surface area contributed by atoms with Crippen LogP contribution in [-0.2, 0) is 30.3 Å². The third-order valence-electron chi connectivity index (χ3n) is 8.66. The number of benzene rings is 1. The molecule has 1 fully saturated rings. The molecule has 0 saturated carbocycles. The van der Waals surface area contributed by atoms with Crippen LogP contribution in [0.3, 0.4) is 0 Å². The highest BCUT2D eigenvalue weighted by atomic mass is 16.5. The Morgan fingerprint density at radius 1 is 1.02 bits per heavy atom. The molecule has 0 spiro atoms. The number of likely N-dealkylation sites (tertiary alicyclic amines) is 1. The summed E-state index contributed by atoms with van der Waals surface area (Å²) < 4.78 is 11.8. The highest BCUT2D eigenvalue weighted by Crippen LogP contribution is 2.29. The van der Waals surface area contributed by atoms with E-state index in [9.17, 15) is 14.4 Å². The van der Waals surface area contributed by atoms with E-state index in [2.05, 4.69) is 31.3 Å². The van der Waals surface area contributed by atoms with Gasteiger partial charge in [0.05, 0.1) is 36.6 Å². The minimum absolute atomic E-state index is 0.0236. The average molecular weight is 574 g/mol. The van der Waals surface area contributed by atoms with Crippen molar-refractivity contribution in [3.8, 4) is 0 Å². The molecule has 1 saturated heterocycles. The Kier molecular flexibility index (Phi) is 14.3. The summed E-state index contributed by atoms with van der Waals surface area (Å²) in [6, 6.07) is 9.66. The first-order valence-electron chi connectivity index (χ1n) is 15.4. The third kappa shape index (κ3) is 9.81. The van der Waals surface area contributed by atoms with Crippen LogP contribution in [0.5, 0.6) is 0 Å². The van der Waals surface area contributed by atoms with Crippen molar-refractivity contribution in [3.05, 3.63) is 35.9 Å². The summed E-state index contributed by atoms with van der Waals surface area (Å²) in [4.78, 5) is 43.7. The zero-order valence-electron chi connectivity index (χ0n) is 26.9. The quantitative estimate of drug-likeness (QED) is 0.310. The van der Waals surface area contributed by atoms with Gasteiger partial charge in [-0.15, -0.1) is 0 Å². The van der Waals surface area contributed by atoms with Crippen LogP contribution in [-0.4, -0.2) is 85.7 Å². The van der Waals surface area contributed by atoms with Crippen LogP contribution < -0.4 is 5.32 Å². The fourth-order valence-corrected chi connectivity index (χ4v) is 6.21. The lowest BCUT2D eigenvalue weighted by molar-refractivity contribution is -0.146. The maximum absolute atomic E-state index is 13.8. The second-order valence-electron chi connectivity index (χ2n) is 12.3. The van der Waals surface area contributed by atoms with Crippen molar-refractivity contribution in [2.75, 3.05) is 27.8 Å². The standard InChI is InChI=1S/C33H55N3O5/c1-10-23(4)31(35(7)29(37)19-22(2)3)28(40-8)21-30(38)36-18-14-17-27(36)32(41-9)25(6)33(39)34-24(5)20-26-15-12-11-13-16-26/h11-13,15-16,22-25,27-28,31-32H,10,14,17-21H2,1-9H3,(H,34,39)/t23-,24+,25+,27-,28+,31-,32+/m0/s1. The first kappa shape index (κ1) is 34.7. The van der Waals surface area contributed by atoms with Crippen LogP contribution in [0.1, 0.15) is 79.2 Å². The van der Waals surface area contributed by atoms with Crippen molar-refractivity contribution in [1.82, 2.24) is 15.1 Å². The van der Waals surface area contributed by atoms with E-state index in [0.717, 1.165) is 25.7 Å². The Morgan fingerprint density at radius 2 is 1.68 bits per heavy atom. The number of ether oxygens (including phenoxy) is 2. The molecule has 1 heterocycles. The van der Waals surface area contributed by atoms with Crippen molar-refractivity contribution in [2.24, 2.45) is 17.8 Å². The van der Waals surface area contributed by atoms with E-state index < -0.39 is 18.1 Å². The van der Waals surface area contributed by atoms with Gasteiger partial charge in [-0.3, -0.25) is 14.4 Å². The van der Waals surface area contributed by atoms with Crippen LogP contribution in [0.15, 0.2) is 30.3 Å². The second-order valence-corrected chi connectivity index (χ2v) is 12.3. The molecule has 8 heteroatoms. The molecule has 232 valence electrons. The summed E-state index contributed by atoms with van der Waals surface area (Å²) in [5, 5.41) is 3.14. The van der Waals surface area contributed by atoms with E-state index in [1.807, 2.05) is 57.8 Å². The number of hydrogen-bond donors (Lipinski definition) is 1. The molecule has 7 atom stereocenters. The Balaban J connectivity index is 2.12. The van der Waals surface area contributed by atoms with Gasteiger partial charge in [-0.1, -0.05) is 71.4 Å². The first-order chi connectivity index (χ1) is 19.4. The molecule has 1 aliphatic rings. The molecule has 0 radical (unpaired) electrons. The topological polar surface area (TPSA) is 88.2 Å². The van der Waals surface area contributed by atoms with Crippen molar-refractivity contribution < 1.29 is 23.9 Å². The minimum Gasteiger partial charge on any atom is -0.379 e. The molecule has 2 rings (SSSR count). The number of carbonyl (C=O) groups is 3. The van der Waals surface area contributed by atoms with Gasteiger partial charge in [0.25, 0.3) is 0 Å². The molecule has 0 bridgehead atoms. The fraction of sp³-hybridized carbons (Fsp3) is 0.727. The largest absolute Gasteiger partial charge is 0.379 e. The number of carbonyl (C=O) groups excluding carboxylic acids is 3. The summed E-state index contributed by atoms with van der Waals surface area (Å²) in [5.41, 5.74) is 1.17. The number of likely N-dealkylation sites (N-methyl/N-ethyl adjacent to an activating group) is 1. The van der Waals surface area contributed by atoms with E-state index >= 15 is 0 Å². The van der Waals surface area contributed by atoms with Crippen LogP contribution in [0.25, 0.3) is 0 Å². The summed E-state index contributed by atoms with van der Waals surface area (Å²) in [5.74, 6) is -0.0402. The van der Waals surface area contributed by atoms with Crippen LogP contribution in [0, 0.1) is 17.8 Å². The third-order valence-corrected chi connectivity index (χ3v) is 8.66. The number of nitrogens with zero attached hydrogens (tertiary/aromatic N) is 2. The van der Waals surface area contributed by atoms with E-state index in [1.54, 1.807) is 19.1 Å². The minimum atomic E-state index is -0.430. The molecule has 0 aliphatic carbocycles. The van der Waals surface area contributed by atoms with E-state index in [4.69, 9.17) is 9.47 Å². The Hall–Kier alpha value is -2.45. The zero-order valence-corrected chi connectivity index (χ0v) is 26.9. The lowest BCUT2D eigenvalue weighted by Crippen LogP contribution is -2.53. The molecular weight excluding hydrogens is 518 g/mol. The summed E-state index contributed by atoms with van der Waals surface area (Å²) >= 11 is 0. The molecule has 1 aromatic rings. The van der Waals surface area contributed by atoms with E-state index in [-0.39, 0.29) is 54.1 Å². The van der Waals surface area contributed by atoms with Gasteiger partial charge < -0.3 is 24.6 Å². The average Bonchev–Trinajstić information content (AvgIpc) is 3.42. The highest BCUT2D eigenvalue weighted by Gasteiger charge is 2.42. The molecule has 41 heavy (non-hydrogen) atoms. The predicted molar refractivity (Wildman–Crippen MR) is 163 cm³/mol. The fourth-order valence-electron chi connectivity index (χ4n) is 6.21. The van der Waals surface area contributed by atoms with Crippen molar-refractivity contribution >= 4 is 17.7 Å². The molecule has 1 N–H and O–H groups in total. The zero-order chi connectivity index (χ0) is 30.7. The molecule has 0 unspecified atom stereocenters. The summed E-state index contributed by atoms with van der Waals surface area (Å²) in [6.45, 7) is 12.8. The molecule has 0 aromatic heterocycles.